The molecule has 1 amide bonds. The van der Waals surface area contributed by atoms with Crippen molar-refractivity contribution in [1.82, 2.24) is 4.90 Å². The van der Waals surface area contributed by atoms with E-state index in [1.807, 2.05) is 43.9 Å². The summed E-state index contributed by atoms with van der Waals surface area (Å²) in [5.74, 6) is -0.198. The molecule has 4 nitrogen and oxygen atoms in total. The van der Waals surface area contributed by atoms with Gasteiger partial charge >= 0.3 is 0 Å². The molecule has 1 fully saturated rings. The van der Waals surface area contributed by atoms with Gasteiger partial charge in [-0.25, -0.2) is 0 Å². The summed E-state index contributed by atoms with van der Waals surface area (Å²) >= 11 is 0. The first-order valence-corrected chi connectivity index (χ1v) is 11.1. The van der Waals surface area contributed by atoms with Crippen LogP contribution in [0.15, 0.2) is 48.5 Å². The van der Waals surface area contributed by atoms with E-state index in [2.05, 4.69) is 37.3 Å². The van der Waals surface area contributed by atoms with E-state index in [1.54, 1.807) is 0 Å². The molecule has 1 aliphatic heterocycles. The van der Waals surface area contributed by atoms with Crippen molar-refractivity contribution in [3.8, 4) is 0 Å². The molecule has 2 aromatic rings. The van der Waals surface area contributed by atoms with Crippen molar-refractivity contribution in [3.05, 3.63) is 70.8 Å². The second kappa shape index (κ2) is 8.16. The number of rotatable bonds is 6. The average Bonchev–Trinajstić information content (AvgIpc) is 3.16. The van der Waals surface area contributed by atoms with Crippen molar-refractivity contribution < 1.29 is 14.6 Å². The fourth-order valence-electron chi connectivity index (χ4n) is 5.17. The van der Waals surface area contributed by atoms with Crippen LogP contribution < -0.4 is 0 Å². The van der Waals surface area contributed by atoms with Gasteiger partial charge in [0.15, 0.2) is 0 Å². The highest BCUT2D eigenvalue weighted by molar-refractivity contribution is 5.81. The fraction of sp³-hybridized carbons (Fsp3) is 0.500. The minimum atomic E-state index is -0.666. The van der Waals surface area contributed by atoms with E-state index in [0.717, 1.165) is 12.0 Å². The standard InChI is InChI=1S/C26H33NO3/c1-5-21(28)15-20(14-18-9-7-6-8-10-18)25(29)27-24-22-12-11-17(2)13-19(22)16-23(24)30-26(27,3)4/h6-13,20-21,23-24,28H,5,14-16H2,1-4H3/t20-,21-,23-,24+/m1/s1. The Balaban J connectivity index is 1.67. The van der Waals surface area contributed by atoms with Crippen molar-refractivity contribution in [2.45, 2.75) is 77.4 Å². The Morgan fingerprint density at radius 1 is 1.23 bits per heavy atom. The first kappa shape index (κ1) is 21.1. The fourth-order valence-corrected chi connectivity index (χ4v) is 5.17. The van der Waals surface area contributed by atoms with Gasteiger partial charge in [-0.05, 0) is 56.7 Å². The molecule has 2 aliphatic rings. The topological polar surface area (TPSA) is 49.8 Å². The minimum absolute atomic E-state index is 0.00535. The highest BCUT2D eigenvalue weighted by atomic mass is 16.5. The highest BCUT2D eigenvalue weighted by Crippen LogP contribution is 2.49. The lowest BCUT2D eigenvalue weighted by Gasteiger charge is -2.37. The number of nitrogens with zero attached hydrogens (tertiary/aromatic N) is 1. The summed E-state index contributed by atoms with van der Waals surface area (Å²) < 4.78 is 6.40. The Morgan fingerprint density at radius 2 is 1.97 bits per heavy atom. The number of benzene rings is 2. The lowest BCUT2D eigenvalue weighted by molar-refractivity contribution is -0.153. The summed E-state index contributed by atoms with van der Waals surface area (Å²) in [7, 11) is 0. The van der Waals surface area contributed by atoms with Gasteiger partial charge in [-0.1, -0.05) is 61.0 Å². The molecular weight excluding hydrogens is 374 g/mol. The maximum atomic E-state index is 14.0. The van der Waals surface area contributed by atoms with Crippen LogP contribution in [-0.2, 0) is 22.4 Å². The summed E-state index contributed by atoms with van der Waals surface area (Å²) in [6.07, 6.45) is 2.09. The van der Waals surface area contributed by atoms with Gasteiger partial charge in [0, 0.05) is 12.3 Å². The molecule has 30 heavy (non-hydrogen) atoms. The van der Waals surface area contributed by atoms with Crippen LogP contribution in [-0.4, -0.2) is 33.8 Å². The Morgan fingerprint density at radius 3 is 2.67 bits per heavy atom. The summed E-state index contributed by atoms with van der Waals surface area (Å²) in [5.41, 5.74) is 4.18. The monoisotopic (exact) mass is 407 g/mol. The summed E-state index contributed by atoms with van der Waals surface area (Å²) in [5, 5.41) is 10.4. The van der Waals surface area contributed by atoms with Crippen molar-refractivity contribution in [3.63, 3.8) is 0 Å². The number of ether oxygens (including phenoxy) is 1. The molecule has 4 rings (SSSR count). The minimum Gasteiger partial charge on any atom is -0.393 e. The van der Waals surface area contributed by atoms with Crippen LogP contribution in [0.4, 0.5) is 0 Å². The third-order valence-corrected chi connectivity index (χ3v) is 6.63. The number of carbonyl (C=O) groups excluding carboxylic acids is 1. The lowest BCUT2D eigenvalue weighted by Crippen LogP contribution is -2.48. The molecule has 1 aliphatic carbocycles. The number of amides is 1. The predicted octanol–water partition coefficient (Wildman–Crippen LogP) is 4.58. The smallest absolute Gasteiger partial charge is 0.228 e. The average molecular weight is 408 g/mol. The molecule has 0 bridgehead atoms. The first-order chi connectivity index (χ1) is 14.3. The first-order valence-electron chi connectivity index (χ1n) is 11.1. The number of hydrogen-bond acceptors (Lipinski definition) is 3. The van der Waals surface area contributed by atoms with Crippen LogP contribution >= 0.6 is 0 Å². The quantitative estimate of drug-likeness (QED) is 0.763. The molecule has 4 atom stereocenters. The van der Waals surface area contributed by atoms with Crippen LogP contribution in [0.3, 0.4) is 0 Å². The molecule has 1 heterocycles. The van der Waals surface area contributed by atoms with E-state index in [4.69, 9.17) is 4.74 Å². The van der Waals surface area contributed by atoms with E-state index in [9.17, 15) is 9.90 Å². The van der Waals surface area contributed by atoms with Crippen molar-refractivity contribution in [1.29, 1.82) is 0 Å². The Labute approximate surface area is 179 Å². The van der Waals surface area contributed by atoms with Gasteiger partial charge in [-0.15, -0.1) is 0 Å². The maximum Gasteiger partial charge on any atom is 0.228 e. The number of fused-ring (bicyclic) bond motifs is 3. The number of aliphatic hydroxyl groups is 1. The van der Waals surface area contributed by atoms with Gasteiger partial charge < -0.3 is 14.7 Å². The molecule has 1 saturated heterocycles. The van der Waals surface area contributed by atoms with Crippen LogP contribution in [0.2, 0.25) is 0 Å². The van der Waals surface area contributed by atoms with Crippen LogP contribution in [0, 0.1) is 12.8 Å². The molecule has 1 N–H and O–H groups in total. The van der Waals surface area contributed by atoms with Gasteiger partial charge in [0.1, 0.15) is 5.72 Å². The molecule has 0 saturated carbocycles. The summed E-state index contributed by atoms with van der Waals surface area (Å²) in [6.45, 7) is 8.05. The normalized spacial score (nSPS) is 23.7. The van der Waals surface area contributed by atoms with E-state index in [0.29, 0.717) is 19.3 Å². The second-order valence-electron chi connectivity index (χ2n) is 9.35. The van der Waals surface area contributed by atoms with Gasteiger partial charge in [-0.3, -0.25) is 4.79 Å². The number of aryl methyl sites for hydroxylation is 1. The van der Waals surface area contributed by atoms with E-state index in [-0.39, 0.29) is 24.0 Å². The highest BCUT2D eigenvalue weighted by Gasteiger charge is 2.54. The molecular formula is C26H33NO3. The number of hydrogen-bond donors (Lipinski definition) is 1. The number of carbonyl (C=O) groups is 1. The third-order valence-electron chi connectivity index (χ3n) is 6.63. The molecule has 0 spiro atoms. The maximum absolute atomic E-state index is 14.0. The molecule has 160 valence electrons. The zero-order valence-corrected chi connectivity index (χ0v) is 18.5. The second-order valence-corrected chi connectivity index (χ2v) is 9.35. The van der Waals surface area contributed by atoms with Gasteiger partial charge in [0.05, 0.1) is 18.2 Å². The van der Waals surface area contributed by atoms with E-state index >= 15 is 0 Å². The third kappa shape index (κ3) is 3.91. The van der Waals surface area contributed by atoms with Gasteiger partial charge in [0.25, 0.3) is 0 Å². The molecule has 0 radical (unpaired) electrons. The van der Waals surface area contributed by atoms with E-state index in [1.165, 1.54) is 16.7 Å². The Bertz CT molecular complexity index is 908. The molecule has 2 aromatic carbocycles. The van der Waals surface area contributed by atoms with Crippen LogP contribution in [0.25, 0.3) is 0 Å². The van der Waals surface area contributed by atoms with Crippen molar-refractivity contribution >= 4 is 5.91 Å². The van der Waals surface area contributed by atoms with Crippen molar-refractivity contribution in [2.75, 3.05) is 0 Å². The zero-order chi connectivity index (χ0) is 21.5. The summed E-state index contributed by atoms with van der Waals surface area (Å²) in [4.78, 5) is 15.9. The largest absolute Gasteiger partial charge is 0.393 e. The molecule has 0 unspecified atom stereocenters. The van der Waals surface area contributed by atoms with Gasteiger partial charge in [-0.2, -0.15) is 0 Å². The Hall–Kier alpha value is -2.17. The SMILES string of the molecule is CC[C@@H](O)C[C@@H](Cc1ccccc1)C(=O)N1[C@H]2c3ccc(C)cc3C[C@H]2OC1(C)C. The van der Waals surface area contributed by atoms with Crippen LogP contribution in [0.1, 0.15) is 61.9 Å². The Kier molecular flexibility index (Phi) is 5.73. The molecule has 0 aromatic heterocycles. The van der Waals surface area contributed by atoms with Crippen molar-refractivity contribution in [2.24, 2.45) is 5.92 Å². The predicted molar refractivity (Wildman–Crippen MR) is 118 cm³/mol. The number of aliphatic hydroxyl groups excluding tert-OH is 1. The summed E-state index contributed by atoms with van der Waals surface area (Å²) in [6, 6.07) is 16.5. The van der Waals surface area contributed by atoms with E-state index < -0.39 is 11.8 Å². The van der Waals surface area contributed by atoms with Crippen LogP contribution in [0.5, 0.6) is 0 Å². The lowest BCUT2D eigenvalue weighted by atomic mass is 9.90. The molecule has 4 heteroatoms. The zero-order valence-electron chi connectivity index (χ0n) is 18.5. The van der Waals surface area contributed by atoms with Gasteiger partial charge in [0.2, 0.25) is 5.91 Å².